The Kier molecular flexibility index (Phi) is 3.58. The number of thioether (sulfide) groups is 1. The van der Waals surface area contributed by atoms with Gasteiger partial charge >= 0.3 is 5.97 Å². The molecular weight excluding hydrogens is 300 g/mol. The fraction of sp³-hybridized carbons (Fsp3) is 0.231. The molecule has 0 bridgehead atoms. The lowest BCUT2D eigenvalue weighted by Gasteiger charge is -2.26. The van der Waals surface area contributed by atoms with Gasteiger partial charge in [-0.25, -0.2) is 4.79 Å². The van der Waals surface area contributed by atoms with E-state index in [4.69, 9.17) is 21.4 Å². The molecule has 0 aliphatic carbocycles. The van der Waals surface area contributed by atoms with Crippen molar-refractivity contribution >= 4 is 29.3 Å². The highest BCUT2D eigenvalue weighted by Gasteiger charge is 2.21. The van der Waals surface area contributed by atoms with Gasteiger partial charge in [-0.2, -0.15) is 16.9 Å². The number of aromatic carboxylic acids is 1. The molecule has 104 valence electrons. The van der Waals surface area contributed by atoms with Crippen LogP contribution in [0.5, 0.6) is 5.75 Å². The number of carboxylic acid groups (broad SMARTS) is 1. The molecule has 5 nitrogen and oxygen atoms in total. The average Bonchev–Trinajstić information content (AvgIpc) is 2.84. The van der Waals surface area contributed by atoms with E-state index in [-0.39, 0.29) is 11.8 Å². The third-order valence-electron chi connectivity index (χ3n) is 2.94. The minimum absolute atomic E-state index is 0.0444. The van der Waals surface area contributed by atoms with Gasteiger partial charge in [-0.05, 0) is 24.3 Å². The standard InChI is InChI=1S/C13H11ClN2O3S/c14-9-3-7(10-4-11(13(17)18)16-15-10)1-2-12(9)19-8-5-20-6-8/h1-4,8H,5-6H2,(H,15,16)(H,17,18). The van der Waals surface area contributed by atoms with Gasteiger partial charge in [0.05, 0.1) is 10.7 Å². The predicted octanol–water partition coefficient (Wildman–Crippen LogP) is 2.92. The maximum atomic E-state index is 10.8. The molecule has 0 spiro atoms. The minimum Gasteiger partial charge on any atom is -0.487 e. The first-order valence-electron chi connectivity index (χ1n) is 5.96. The van der Waals surface area contributed by atoms with E-state index in [1.165, 1.54) is 6.07 Å². The molecule has 1 saturated heterocycles. The van der Waals surface area contributed by atoms with Crippen LogP contribution in [0.3, 0.4) is 0 Å². The number of carbonyl (C=O) groups is 1. The lowest BCUT2D eigenvalue weighted by Crippen LogP contribution is -2.31. The summed E-state index contributed by atoms with van der Waals surface area (Å²) >= 11 is 8.03. The first-order valence-corrected chi connectivity index (χ1v) is 7.50. The lowest BCUT2D eigenvalue weighted by atomic mass is 10.1. The van der Waals surface area contributed by atoms with Crippen molar-refractivity contribution < 1.29 is 14.6 Å². The summed E-state index contributed by atoms with van der Waals surface area (Å²) in [6.45, 7) is 0. The minimum atomic E-state index is -1.04. The fourth-order valence-electron chi connectivity index (χ4n) is 1.80. The Morgan fingerprint density at radius 1 is 1.45 bits per heavy atom. The number of hydrogen-bond acceptors (Lipinski definition) is 4. The van der Waals surface area contributed by atoms with Gasteiger partial charge in [0.15, 0.2) is 0 Å². The van der Waals surface area contributed by atoms with E-state index in [0.717, 1.165) is 17.1 Å². The SMILES string of the molecule is O=C(O)c1cc(-c2ccc(OC3CSC3)c(Cl)c2)n[nH]1. The number of ether oxygens (including phenoxy) is 1. The highest BCUT2D eigenvalue weighted by Crippen LogP contribution is 2.32. The van der Waals surface area contributed by atoms with E-state index in [1.54, 1.807) is 12.1 Å². The number of hydrogen-bond donors (Lipinski definition) is 2. The highest BCUT2D eigenvalue weighted by atomic mass is 35.5. The molecule has 1 aromatic carbocycles. The van der Waals surface area contributed by atoms with E-state index >= 15 is 0 Å². The third kappa shape index (κ3) is 2.62. The monoisotopic (exact) mass is 310 g/mol. The van der Waals surface area contributed by atoms with Crippen molar-refractivity contribution in [2.75, 3.05) is 11.5 Å². The molecule has 7 heteroatoms. The largest absolute Gasteiger partial charge is 0.487 e. The van der Waals surface area contributed by atoms with E-state index in [2.05, 4.69) is 10.2 Å². The van der Waals surface area contributed by atoms with E-state index in [0.29, 0.717) is 16.5 Å². The van der Waals surface area contributed by atoms with Crippen LogP contribution in [0, 0.1) is 0 Å². The zero-order chi connectivity index (χ0) is 14.1. The predicted molar refractivity (Wildman–Crippen MR) is 77.7 cm³/mol. The number of benzene rings is 1. The molecule has 2 heterocycles. The van der Waals surface area contributed by atoms with Gasteiger partial charge < -0.3 is 9.84 Å². The molecule has 2 N–H and O–H groups in total. The normalized spacial score (nSPS) is 14.8. The molecule has 0 amide bonds. The van der Waals surface area contributed by atoms with Gasteiger partial charge in [0.25, 0.3) is 0 Å². The number of nitrogens with one attached hydrogen (secondary N) is 1. The second-order valence-corrected chi connectivity index (χ2v) is 5.88. The first kappa shape index (κ1) is 13.3. The van der Waals surface area contributed by atoms with Crippen molar-refractivity contribution in [1.82, 2.24) is 10.2 Å². The van der Waals surface area contributed by atoms with Gasteiger partial charge in [0.1, 0.15) is 17.5 Å². The van der Waals surface area contributed by atoms with Crippen LogP contribution in [-0.4, -0.2) is 38.9 Å². The van der Waals surface area contributed by atoms with Crippen LogP contribution < -0.4 is 4.74 Å². The smallest absolute Gasteiger partial charge is 0.353 e. The van der Waals surface area contributed by atoms with Crippen molar-refractivity contribution in [3.05, 3.63) is 35.0 Å². The Bertz CT molecular complexity index is 655. The van der Waals surface area contributed by atoms with Crippen LogP contribution in [0.2, 0.25) is 5.02 Å². The molecule has 0 atom stereocenters. The topological polar surface area (TPSA) is 75.2 Å². The van der Waals surface area contributed by atoms with Gasteiger partial charge in [-0.15, -0.1) is 0 Å². The Labute approximate surface area is 124 Å². The Hall–Kier alpha value is -1.66. The zero-order valence-electron chi connectivity index (χ0n) is 10.3. The van der Waals surface area contributed by atoms with Gasteiger partial charge in [0, 0.05) is 17.1 Å². The molecule has 1 aliphatic heterocycles. The Morgan fingerprint density at radius 2 is 2.25 bits per heavy atom. The molecule has 0 saturated carbocycles. The van der Waals surface area contributed by atoms with E-state index < -0.39 is 5.97 Å². The molecule has 1 aliphatic rings. The summed E-state index contributed by atoms with van der Waals surface area (Å²) in [5, 5.41) is 15.8. The Balaban J connectivity index is 1.83. The Morgan fingerprint density at radius 3 is 2.80 bits per heavy atom. The fourth-order valence-corrected chi connectivity index (χ4v) is 2.59. The number of H-pyrrole nitrogens is 1. The summed E-state index contributed by atoms with van der Waals surface area (Å²) in [5.74, 6) is 1.57. The summed E-state index contributed by atoms with van der Waals surface area (Å²) in [6.07, 6.45) is 0.229. The first-order chi connectivity index (χ1) is 9.63. The van der Waals surface area contributed by atoms with Crippen LogP contribution in [-0.2, 0) is 0 Å². The number of carboxylic acids is 1. The van der Waals surface area contributed by atoms with Gasteiger partial charge in [-0.3, -0.25) is 5.10 Å². The molecule has 1 aromatic heterocycles. The molecule has 20 heavy (non-hydrogen) atoms. The molecule has 0 unspecified atom stereocenters. The number of nitrogens with zero attached hydrogens (tertiary/aromatic N) is 1. The van der Waals surface area contributed by atoms with E-state index in [9.17, 15) is 4.79 Å². The van der Waals surface area contributed by atoms with Crippen molar-refractivity contribution in [2.24, 2.45) is 0 Å². The van der Waals surface area contributed by atoms with Crippen molar-refractivity contribution in [2.45, 2.75) is 6.10 Å². The van der Waals surface area contributed by atoms with Gasteiger partial charge in [-0.1, -0.05) is 11.6 Å². The molecule has 1 fully saturated rings. The van der Waals surface area contributed by atoms with Gasteiger partial charge in [0.2, 0.25) is 0 Å². The quantitative estimate of drug-likeness (QED) is 0.908. The summed E-state index contributed by atoms with van der Waals surface area (Å²) in [6, 6.07) is 6.80. The maximum Gasteiger partial charge on any atom is 0.353 e. The average molecular weight is 311 g/mol. The van der Waals surface area contributed by atoms with Crippen LogP contribution in [0.15, 0.2) is 24.3 Å². The van der Waals surface area contributed by atoms with Crippen LogP contribution >= 0.6 is 23.4 Å². The second kappa shape index (κ2) is 5.38. The molecule has 0 radical (unpaired) electrons. The van der Waals surface area contributed by atoms with Crippen molar-refractivity contribution in [3.8, 4) is 17.0 Å². The summed E-state index contributed by atoms with van der Waals surface area (Å²) in [5.41, 5.74) is 1.33. The van der Waals surface area contributed by atoms with Crippen LogP contribution in [0.4, 0.5) is 0 Å². The summed E-state index contributed by atoms with van der Waals surface area (Å²) in [7, 11) is 0. The van der Waals surface area contributed by atoms with E-state index in [1.807, 2.05) is 17.8 Å². The van der Waals surface area contributed by atoms with Crippen LogP contribution in [0.25, 0.3) is 11.3 Å². The van der Waals surface area contributed by atoms with Crippen LogP contribution in [0.1, 0.15) is 10.5 Å². The van der Waals surface area contributed by atoms with Crippen molar-refractivity contribution in [1.29, 1.82) is 0 Å². The lowest BCUT2D eigenvalue weighted by molar-refractivity contribution is 0.0690. The zero-order valence-corrected chi connectivity index (χ0v) is 11.9. The number of aromatic amines is 1. The molecule has 2 aromatic rings. The number of aromatic nitrogens is 2. The maximum absolute atomic E-state index is 10.8. The van der Waals surface area contributed by atoms with Crippen molar-refractivity contribution in [3.63, 3.8) is 0 Å². The third-order valence-corrected chi connectivity index (χ3v) is 4.45. The summed E-state index contributed by atoms with van der Waals surface area (Å²) < 4.78 is 5.74. The molecular formula is C13H11ClN2O3S. The second-order valence-electron chi connectivity index (χ2n) is 4.39. The number of halogens is 1. The number of rotatable bonds is 4. The summed E-state index contributed by atoms with van der Waals surface area (Å²) in [4.78, 5) is 10.8. The molecule has 3 rings (SSSR count). The highest BCUT2D eigenvalue weighted by molar-refractivity contribution is 8.00.